The van der Waals surface area contributed by atoms with Crippen LogP contribution in [0.25, 0.3) is 22.3 Å². The summed E-state index contributed by atoms with van der Waals surface area (Å²) in [5.41, 5.74) is 3.86. The Hall–Kier alpha value is -3.34. The summed E-state index contributed by atoms with van der Waals surface area (Å²) >= 11 is 3.92. The Morgan fingerprint density at radius 1 is 1.12 bits per heavy atom. The van der Waals surface area contributed by atoms with Crippen LogP contribution in [0.1, 0.15) is 12.5 Å². The molecule has 4 aromatic rings. The van der Waals surface area contributed by atoms with Gasteiger partial charge in [-0.2, -0.15) is 9.67 Å². The van der Waals surface area contributed by atoms with Crippen LogP contribution in [0.4, 0.5) is 10.3 Å². The molecule has 2 saturated heterocycles. The molecule has 2 aliphatic heterocycles. The first-order chi connectivity index (χ1) is 20.0. The van der Waals surface area contributed by atoms with E-state index in [-0.39, 0.29) is 28.3 Å². The topological polar surface area (TPSA) is 281 Å². The van der Waals surface area contributed by atoms with E-state index in [1.807, 2.05) is 0 Å². The quantitative estimate of drug-likeness (QED) is 0.0782. The largest absolute Gasteiger partial charge is 0.394 e. The van der Waals surface area contributed by atoms with Crippen LogP contribution in [0.5, 0.6) is 0 Å². The lowest BCUT2D eigenvalue weighted by Crippen LogP contribution is -2.35. The van der Waals surface area contributed by atoms with Crippen LogP contribution in [-0.2, 0) is 23.1 Å². The number of anilines is 1. The summed E-state index contributed by atoms with van der Waals surface area (Å²) in [6.45, 7) is -5.84. The average Bonchev–Trinajstić information content (AvgIpc) is 3.69. The number of thiol groups is 1. The summed E-state index contributed by atoms with van der Waals surface area (Å²) in [4.78, 5) is 40.5. The fourth-order valence-corrected chi connectivity index (χ4v) is 6.13. The van der Waals surface area contributed by atoms with Crippen LogP contribution >= 0.6 is 19.0 Å². The fraction of sp³-hybridized carbons (Fsp3) is 0.526. The summed E-state index contributed by atoms with van der Waals surface area (Å²) in [5.74, 6) is -0.278. The van der Waals surface area contributed by atoms with E-state index in [0.717, 1.165) is 21.9 Å². The second-order valence-corrected chi connectivity index (χ2v) is 12.2. The van der Waals surface area contributed by atoms with Crippen LogP contribution < -0.4 is 16.9 Å². The number of fused-ring (bicyclic) bond motifs is 2. The number of aliphatic hydroxyl groups is 3. The highest BCUT2D eigenvalue weighted by molar-refractivity contribution is 8.44. The van der Waals surface area contributed by atoms with Crippen LogP contribution in [-0.4, -0.2) is 110 Å². The number of hydrogen-bond acceptors (Lipinski definition) is 16. The van der Waals surface area contributed by atoms with Crippen molar-refractivity contribution < 1.29 is 42.8 Å². The van der Waals surface area contributed by atoms with E-state index in [2.05, 4.69) is 47.5 Å². The van der Waals surface area contributed by atoms with E-state index in [0.29, 0.717) is 0 Å². The Bertz CT molecular complexity index is 1800. The lowest BCUT2D eigenvalue weighted by atomic mass is 10.1. The van der Waals surface area contributed by atoms with Gasteiger partial charge >= 0.3 is 6.80 Å². The van der Waals surface area contributed by atoms with Crippen molar-refractivity contribution in [3.8, 4) is 0 Å². The minimum Gasteiger partial charge on any atom is -0.394 e. The monoisotopic (exact) mass is 632 g/mol. The average molecular weight is 632 g/mol. The second kappa shape index (κ2) is 10.7. The smallest absolute Gasteiger partial charge is 0.386 e. The summed E-state index contributed by atoms with van der Waals surface area (Å²) in [6, 6.07) is 0. The number of rotatable bonds is 8. The number of aromatic nitrogens is 9. The van der Waals surface area contributed by atoms with Crippen molar-refractivity contribution in [2.24, 2.45) is 0 Å². The van der Waals surface area contributed by atoms with Crippen LogP contribution in [0.15, 0.2) is 22.2 Å². The number of nitrogen functional groups attached to an aromatic ring is 1. The number of nitrogens with two attached hydrogens (primary N) is 1. The summed E-state index contributed by atoms with van der Waals surface area (Å²) in [7, 11) is 0. The molecule has 0 unspecified atom stereocenters. The number of nitrogens with zero attached hydrogens (tertiary/aromatic N) is 7. The molecule has 20 nitrogen and oxygen atoms in total. The van der Waals surface area contributed by atoms with Gasteiger partial charge in [0.15, 0.2) is 41.0 Å². The fourth-order valence-electron chi connectivity index (χ4n) is 4.67. The first-order valence-electron chi connectivity index (χ1n) is 12.1. The molecule has 4 aromatic heterocycles. The van der Waals surface area contributed by atoms with Crippen molar-refractivity contribution in [1.29, 1.82) is 0 Å². The lowest BCUT2D eigenvalue weighted by Gasteiger charge is -2.24. The molecule has 0 bridgehead atoms. The van der Waals surface area contributed by atoms with Gasteiger partial charge < -0.3 is 35.5 Å². The molecule has 42 heavy (non-hydrogen) atoms. The predicted molar refractivity (Wildman–Crippen MR) is 138 cm³/mol. The highest BCUT2D eigenvalue weighted by Gasteiger charge is 2.51. The lowest BCUT2D eigenvalue weighted by molar-refractivity contribution is -0.0582. The Balaban J connectivity index is 1.19. The van der Waals surface area contributed by atoms with E-state index in [1.165, 1.54) is 0 Å². The molecular formula is C19H22FN10O10PS. The zero-order valence-electron chi connectivity index (χ0n) is 20.9. The van der Waals surface area contributed by atoms with Gasteiger partial charge in [-0.05, 0) is 0 Å². The second-order valence-electron chi connectivity index (χ2n) is 9.29. The van der Waals surface area contributed by atoms with E-state index in [4.69, 9.17) is 24.3 Å². The van der Waals surface area contributed by atoms with Crippen molar-refractivity contribution in [3.05, 3.63) is 33.4 Å². The third-order valence-electron chi connectivity index (χ3n) is 6.68. The summed E-state index contributed by atoms with van der Waals surface area (Å²) in [6.07, 6.45) is -10.3. The Morgan fingerprint density at radius 3 is 2.64 bits per heavy atom. The van der Waals surface area contributed by atoms with Crippen molar-refractivity contribution in [2.45, 2.75) is 49.1 Å². The molecule has 0 radical (unpaired) electrons. The predicted octanol–water partition coefficient (Wildman–Crippen LogP) is -2.48. The van der Waals surface area contributed by atoms with Crippen LogP contribution in [0, 0.1) is 0 Å². The van der Waals surface area contributed by atoms with Gasteiger partial charge in [0.2, 0.25) is 5.95 Å². The molecule has 226 valence electrons. The maximum Gasteiger partial charge on any atom is 0.386 e. The van der Waals surface area contributed by atoms with E-state index in [9.17, 15) is 29.5 Å². The van der Waals surface area contributed by atoms with Gasteiger partial charge in [-0.3, -0.25) is 28.2 Å². The SMILES string of the molecule is Nc1nc2c(nnn2[C@@H]2O[C@H](CO)[C@@H](O)[C@H]2O[P@](=O)(S)OC[C@H]2O[C@@H](n3cnc4c(=O)[nH]cnc43)[C@@H](F)[C@@H]2O)c(=O)[nH]1. The Labute approximate surface area is 236 Å². The maximum atomic E-state index is 15.1. The summed E-state index contributed by atoms with van der Waals surface area (Å²) in [5, 5.41) is 38.3. The van der Waals surface area contributed by atoms with Crippen LogP contribution in [0.2, 0.25) is 0 Å². The molecule has 6 heterocycles. The molecule has 2 aliphatic rings. The number of alkyl halides is 1. The highest BCUT2D eigenvalue weighted by Crippen LogP contribution is 2.57. The number of imidazole rings is 1. The number of aliphatic hydroxyl groups excluding tert-OH is 3. The third-order valence-corrected chi connectivity index (χ3v) is 8.29. The molecule has 23 heteroatoms. The number of hydrogen-bond donors (Lipinski definition) is 7. The molecule has 0 spiro atoms. The van der Waals surface area contributed by atoms with Gasteiger partial charge in [0.1, 0.15) is 30.5 Å². The molecule has 2 fully saturated rings. The Kier molecular flexibility index (Phi) is 7.35. The molecule has 0 amide bonds. The molecular weight excluding hydrogens is 610 g/mol. The van der Waals surface area contributed by atoms with E-state index < -0.39 is 80.3 Å². The van der Waals surface area contributed by atoms with Gasteiger partial charge in [-0.25, -0.2) is 18.9 Å². The minimum absolute atomic E-state index is 0.00180. The summed E-state index contributed by atoms with van der Waals surface area (Å²) < 4.78 is 52.2. The molecule has 9 atom stereocenters. The third kappa shape index (κ3) is 4.89. The zero-order chi connectivity index (χ0) is 29.9. The normalized spacial score (nSPS) is 31.3. The molecule has 0 saturated carbocycles. The van der Waals surface area contributed by atoms with Gasteiger partial charge in [-0.15, -0.1) is 5.10 Å². The first kappa shape index (κ1) is 28.8. The zero-order valence-corrected chi connectivity index (χ0v) is 22.7. The number of ether oxygens (including phenoxy) is 2. The van der Waals surface area contributed by atoms with E-state index >= 15 is 4.39 Å². The van der Waals surface area contributed by atoms with E-state index in [1.54, 1.807) is 0 Å². The van der Waals surface area contributed by atoms with Gasteiger partial charge in [0.05, 0.1) is 25.9 Å². The molecule has 0 aromatic carbocycles. The number of halogens is 1. The van der Waals surface area contributed by atoms with Crippen molar-refractivity contribution in [2.75, 3.05) is 18.9 Å². The van der Waals surface area contributed by atoms with Crippen molar-refractivity contribution in [1.82, 2.24) is 44.5 Å². The van der Waals surface area contributed by atoms with Crippen molar-refractivity contribution >= 4 is 47.3 Å². The van der Waals surface area contributed by atoms with Gasteiger partial charge in [0, 0.05) is 0 Å². The van der Waals surface area contributed by atoms with Crippen LogP contribution in [0.3, 0.4) is 0 Å². The van der Waals surface area contributed by atoms with Gasteiger partial charge in [-0.1, -0.05) is 17.5 Å². The Morgan fingerprint density at radius 2 is 1.88 bits per heavy atom. The highest BCUT2D eigenvalue weighted by atomic mass is 32.7. The van der Waals surface area contributed by atoms with Crippen molar-refractivity contribution in [3.63, 3.8) is 0 Å². The standard InChI is InChI=1S/C19H22FN10O10PS/c20-7-10(32)6(39-17(7)29-4-24-8-13(29)22-3-23-15(8)34)2-37-41(36,42)40-12-11(33)5(1-31)38-18(12)30-14-9(27-28-30)16(35)26-19(21)25-14/h3-7,10-12,17-18,31-33H,1-2H2,(H,36,42)(H,22,23,34)(H3,21,25,26,35)/t5-,6-,7+,10-,11-,12-,17-,18-,41-/m1/s1. The molecule has 0 aliphatic carbocycles. The number of aromatic amines is 2. The first-order valence-corrected chi connectivity index (χ1v) is 14.8. The van der Waals surface area contributed by atoms with Gasteiger partial charge in [0.25, 0.3) is 11.1 Å². The molecule has 7 N–H and O–H groups in total. The number of H-pyrrole nitrogens is 2. The number of nitrogens with one attached hydrogen (secondary N) is 2. The maximum absolute atomic E-state index is 15.1. The minimum atomic E-state index is -4.45. The molecule has 6 rings (SSSR count).